The van der Waals surface area contributed by atoms with Gasteiger partial charge in [0.15, 0.2) is 18.0 Å². The number of benzene rings is 2. The number of esters is 2. The first-order valence-electron chi connectivity index (χ1n) is 20.3. The van der Waals surface area contributed by atoms with E-state index in [-0.39, 0.29) is 69.3 Å². The largest absolute Gasteiger partial charge is 0.456 e. The maximum Gasteiger partial charge on any atom is 0.338 e. The molecule has 3 aliphatic carbocycles. The fourth-order valence-electron chi connectivity index (χ4n) is 10.5. The molecule has 2 bridgehead atoms. The molecule has 1 heterocycles. The SMILES string of the molecule is CCCCCCCC(=O)OC1C(=O)[C@]2(C)CCC3OCC3(O)C2[C@H](C)C2(O)CC(OC(=O)C(O)C(NC(=O)c3ccccc3)c3ccccc3)C(C)=C1C2(C)C.[Ac]. The number of ketones is 1. The first-order chi connectivity index (χ1) is 26.5. The molecule has 1 amide bonds. The first kappa shape index (κ1) is 45.6. The second kappa shape index (κ2) is 18.0. The number of nitrogens with one attached hydrogen (secondary N) is 1. The van der Waals surface area contributed by atoms with Crippen LogP contribution in [0.4, 0.5) is 0 Å². The van der Waals surface area contributed by atoms with Crippen LogP contribution >= 0.6 is 0 Å². The molecule has 11 nitrogen and oxygen atoms in total. The minimum atomic E-state index is -1.87. The van der Waals surface area contributed by atoms with Gasteiger partial charge in [-0.25, -0.2) is 4.79 Å². The van der Waals surface area contributed by atoms with Crippen molar-refractivity contribution in [1.29, 1.82) is 0 Å². The van der Waals surface area contributed by atoms with Gasteiger partial charge in [-0.1, -0.05) is 109 Å². The fourth-order valence-corrected chi connectivity index (χ4v) is 10.5. The normalized spacial score (nSPS) is 32.4. The molecule has 2 saturated carbocycles. The smallest absolute Gasteiger partial charge is 0.338 e. The molecule has 8 unspecified atom stereocenters. The van der Waals surface area contributed by atoms with Gasteiger partial charge in [0.05, 0.1) is 24.4 Å². The Hall–Kier alpha value is -2.46. The molecule has 6 rings (SSSR count). The molecule has 307 valence electrons. The second-order valence-electron chi connectivity index (χ2n) is 17.4. The molecule has 2 aromatic rings. The zero-order valence-corrected chi connectivity index (χ0v) is 38.9. The Kier molecular flexibility index (Phi) is 14.4. The van der Waals surface area contributed by atoms with Gasteiger partial charge in [0.1, 0.15) is 11.7 Å². The molecular weight excluding hydrogens is 941 g/mol. The summed E-state index contributed by atoms with van der Waals surface area (Å²) < 4.78 is 18.2. The van der Waals surface area contributed by atoms with E-state index in [0.717, 1.165) is 25.7 Å². The molecule has 4 N–H and O–H groups in total. The van der Waals surface area contributed by atoms with Crippen LogP contribution in [0.3, 0.4) is 0 Å². The quantitative estimate of drug-likeness (QED) is 0.107. The Morgan fingerprint density at radius 2 is 1.58 bits per heavy atom. The molecule has 2 aromatic carbocycles. The van der Waals surface area contributed by atoms with Gasteiger partial charge < -0.3 is 34.8 Å². The van der Waals surface area contributed by atoms with Crippen molar-refractivity contribution in [2.24, 2.45) is 22.7 Å². The molecular formula is C45H59AcNO10. The Labute approximate surface area is 372 Å². The van der Waals surface area contributed by atoms with E-state index in [1.807, 2.05) is 27.7 Å². The Bertz CT molecular complexity index is 1820. The molecule has 1 radical (unpaired) electrons. The number of unbranched alkanes of at least 4 members (excludes halogenated alkanes) is 4. The van der Waals surface area contributed by atoms with Gasteiger partial charge in [-0.3, -0.25) is 14.4 Å². The Morgan fingerprint density at radius 3 is 2.19 bits per heavy atom. The van der Waals surface area contributed by atoms with Crippen molar-refractivity contribution in [3.8, 4) is 0 Å². The van der Waals surface area contributed by atoms with Crippen LogP contribution in [0.5, 0.6) is 0 Å². The number of aliphatic hydroxyl groups is 3. The van der Waals surface area contributed by atoms with Gasteiger partial charge in [-0.15, -0.1) is 0 Å². The number of hydrogen-bond donors (Lipinski definition) is 4. The molecule has 4 aliphatic rings. The van der Waals surface area contributed by atoms with Crippen LogP contribution in [0.25, 0.3) is 0 Å². The average Bonchev–Trinajstić information content (AvgIpc) is 3.17. The van der Waals surface area contributed by atoms with E-state index in [2.05, 4.69) is 12.2 Å². The average molecular weight is 1000 g/mol. The van der Waals surface area contributed by atoms with Gasteiger partial charge in [0, 0.05) is 79.2 Å². The minimum Gasteiger partial charge on any atom is -0.456 e. The van der Waals surface area contributed by atoms with E-state index < -0.39 is 82.2 Å². The summed E-state index contributed by atoms with van der Waals surface area (Å²) in [6.07, 6.45) is 0.356. The summed E-state index contributed by atoms with van der Waals surface area (Å²) in [5, 5.41) is 39.9. The van der Waals surface area contributed by atoms with Gasteiger partial charge >= 0.3 is 11.9 Å². The van der Waals surface area contributed by atoms with E-state index in [1.54, 1.807) is 67.6 Å². The number of amides is 1. The van der Waals surface area contributed by atoms with E-state index in [0.29, 0.717) is 41.5 Å². The van der Waals surface area contributed by atoms with Crippen molar-refractivity contribution in [3.63, 3.8) is 0 Å². The third-order valence-electron chi connectivity index (χ3n) is 13.7. The maximum absolute atomic E-state index is 15.2. The zero-order valence-electron chi connectivity index (χ0n) is 34.2. The number of fused-ring (bicyclic) bond motifs is 5. The van der Waals surface area contributed by atoms with Crippen LogP contribution in [-0.4, -0.2) is 81.2 Å². The van der Waals surface area contributed by atoms with Crippen LogP contribution in [0.1, 0.15) is 121 Å². The number of carbonyl (C=O) groups is 4. The van der Waals surface area contributed by atoms with Crippen molar-refractivity contribution >= 4 is 23.6 Å². The monoisotopic (exact) mass is 1000 g/mol. The van der Waals surface area contributed by atoms with E-state index in [9.17, 15) is 29.7 Å². The van der Waals surface area contributed by atoms with Crippen molar-refractivity contribution < 1.29 is 92.8 Å². The molecule has 3 fully saturated rings. The predicted octanol–water partition coefficient (Wildman–Crippen LogP) is 5.95. The van der Waals surface area contributed by atoms with Crippen molar-refractivity contribution in [1.82, 2.24) is 5.32 Å². The summed E-state index contributed by atoms with van der Waals surface area (Å²) >= 11 is 0. The van der Waals surface area contributed by atoms with E-state index >= 15 is 4.79 Å². The zero-order chi connectivity index (χ0) is 40.6. The summed E-state index contributed by atoms with van der Waals surface area (Å²) in [7, 11) is 0. The van der Waals surface area contributed by atoms with Gasteiger partial charge in [0.2, 0.25) is 0 Å². The molecule has 12 heteroatoms. The molecule has 0 spiro atoms. The van der Waals surface area contributed by atoms with Crippen molar-refractivity contribution in [2.45, 2.75) is 141 Å². The van der Waals surface area contributed by atoms with Gasteiger partial charge in [-0.05, 0) is 60.9 Å². The summed E-state index contributed by atoms with van der Waals surface area (Å²) in [5.41, 5.74) is -3.92. The number of hydrogen-bond acceptors (Lipinski definition) is 10. The standard InChI is InChI=1S/C45H59NO10.Ac/c1-7-8-9-10-17-22-33(47)56-37-34-27(2)31(55-41(51)36(48)35(29-18-13-11-14-19-29)46-40(50)30-20-15-12-16-21-30)25-45(53,42(34,4)5)28(3)38-43(6,39(37)49)24-23-32-44(38,52)26-54-32;/h11-16,18-21,28,31-32,35-38,48,52-53H,7-10,17,22-26H2,1-6H3,(H,46,50);/t28-,31?,32?,35?,36?,37?,38?,43+,44?,45?;/m0./s1. The molecule has 57 heavy (non-hydrogen) atoms. The van der Waals surface area contributed by atoms with Gasteiger partial charge in [-0.2, -0.15) is 0 Å². The molecule has 10 atom stereocenters. The van der Waals surface area contributed by atoms with Crippen LogP contribution in [0, 0.1) is 66.7 Å². The van der Waals surface area contributed by atoms with Crippen LogP contribution in [-0.2, 0) is 28.6 Å². The topological polar surface area (TPSA) is 169 Å². The predicted molar refractivity (Wildman–Crippen MR) is 208 cm³/mol. The van der Waals surface area contributed by atoms with Crippen molar-refractivity contribution in [3.05, 3.63) is 82.9 Å². The van der Waals surface area contributed by atoms with Crippen molar-refractivity contribution in [2.75, 3.05) is 6.61 Å². The third-order valence-corrected chi connectivity index (χ3v) is 13.7. The minimum absolute atomic E-state index is 0. The summed E-state index contributed by atoms with van der Waals surface area (Å²) in [4.78, 5) is 56.3. The molecule has 0 aromatic heterocycles. The third kappa shape index (κ3) is 8.35. The van der Waals surface area contributed by atoms with Gasteiger partial charge in [0.25, 0.3) is 5.91 Å². The Balaban J connectivity index is 0.00000620. The number of aliphatic hydroxyl groups excluding tert-OH is 1. The number of rotatable bonds is 13. The number of ether oxygens (including phenoxy) is 3. The van der Waals surface area contributed by atoms with Crippen LogP contribution in [0.2, 0.25) is 0 Å². The maximum atomic E-state index is 15.2. The van der Waals surface area contributed by atoms with E-state index in [1.165, 1.54) is 0 Å². The Morgan fingerprint density at radius 1 is 0.947 bits per heavy atom. The second-order valence-corrected chi connectivity index (χ2v) is 17.4. The number of Topliss-reactive ketones (excluding diaryl/α,β-unsaturated/α-hetero) is 1. The molecule has 1 saturated heterocycles. The molecule has 1 aliphatic heterocycles. The van der Waals surface area contributed by atoms with E-state index in [4.69, 9.17) is 14.2 Å². The van der Waals surface area contributed by atoms with Crippen LogP contribution < -0.4 is 5.32 Å². The fraction of sp³-hybridized carbons (Fsp3) is 0.600. The summed E-state index contributed by atoms with van der Waals surface area (Å²) in [6.45, 7) is 11.1. The first-order valence-corrected chi connectivity index (χ1v) is 20.3. The summed E-state index contributed by atoms with van der Waals surface area (Å²) in [5.74, 6) is -3.97. The number of carbonyl (C=O) groups excluding carboxylic acids is 4. The summed E-state index contributed by atoms with van der Waals surface area (Å²) in [6, 6.07) is 15.8. The van der Waals surface area contributed by atoms with Crippen LogP contribution in [0.15, 0.2) is 71.8 Å².